The monoisotopic (exact) mass is 514 g/mol. The molecule has 6 N–H and O–H groups in total. The van der Waals surface area contributed by atoms with E-state index < -0.39 is 48.1 Å². The zero-order valence-corrected chi connectivity index (χ0v) is 21.8. The van der Waals surface area contributed by atoms with Crippen molar-refractivity contribution in [2.45, 2.75) is 63.9 Å². The number of primary amides is 2. The molecule has 10 nitrogen and oxygen atoms in total. The molecule has 0 fully saturated rings. The molecule has 0 unspecified atom stereocenters. The first-order valence-electron chi connectivity index (χ1n) is 12.1. The number of amides is 3. The number of nitrogens with zero attached hydrogens (tertiary/aromatic N) is 1. The van der Waals surface area contributed by atoms with Crippen molar-refractivity contribution in [2.24, 2.45) is 11.5 Å². The van der Waals surface area contributed by atoms with E-state index in [2.05, 4.69) is 5.32 Å². The normalized spacial score (nSPS) is 13.8. The number of nitrogens with two attached hydrogens (primary N) is 2. The van der Waals surface area contributed by atoms with E-state index in [1.807, 2.05) is 54.6 Å². The van der Waals surface area contributed by atoms with E-state index in [1.54, 1.807) is 27.9 Å². The van der Waals surface area contributed by atoms with Gasteiger partial charge in [0.25, 0.3) is 0 Å². The van der Waals surface area contributed by atoms with Gasteiger partial charge >= 0.3 is 6.09 Å². The summed E-state index contributed by atoms with van der Waals surface area (Å²) in [5.74, 6) is -1.05. The van der Waals surface area contributed by atoms with Gasteiger partial charge in [-0.05, 0) is 50.5 Å². The van der Waals surface area contributed by atoms with E-state index in [1.165, 1.54) is 0 Å². The molecule has 0 aliphatic heterocycles. The molecule has 0 saturated heterocycles. The average Bonchev–Trinajstić information content (AvgIpc) is 2.82. The Bertz CT molecular complexity index is 1040. The smallest absolute Gasteiger partial charge is 0.411 e. The lowest BCUT2D eigenvalue weighted by Gasteiger charge is -2.39. The van der Waals surface area contributed by atoms with Crippen LogP contribution in [0.5, 0.6) is 5.75 Å². The van der Waals surface area contributed by atoms with Crippen LogP contribution in [0, 0.1) is 0 Å². The molecule has 2 rings (SSSR count). The molecule has 0 aliphatic rings. The SMILES string of the molecule is COc1cccc(CNC[C@@H](O)[C@H](Cc2ccccc2)N(C(=O)OC(C)(C)C)[C@@H](CC(N)=O)C(N)=O)c1. The molecule has 0 heterocycles. The first kappa shape index (κ1) is 29.6. The lowest BCUT2D eigenvalue weighted by atomic mass is 9.96. The van der Waals surface area contributed by atoms with Gasteiger partial charge in [0.1, 0.15) is 17.4 Å². The molecule has 0 aliphatic carbocycles. The second kappa shape index (κ2) is 13.6. The van der Waals surface area contributed by atoms with E-state index in [0.717, 1.165) is 16.0 Å². The minimum Gasteiger partial charge on any atom is -0.497 e. The average molecular weight is 515 g/mol. The lowest BCUT2D eigenvalue weighted by molar-refractivity contribution is -0.130. The highest BCUT2D eigenvalue weighted by molar-refractivity contribution is 5.89. The van der Waals surface area contributed by atoms with Crippen LogP contribution in [-0.2, 0) is 27.3 Å². The number of carbonyl (C=O) groups excluding carboxylic acids is 3. The van der Waals surface area contributed by atoms with Crippen LogP contribution in [0.25, 0.3) is 0 Å². The van der Waals surface area contributed by atoms with Gasteiger partial charge in [0.15, 0.2) is 0 Å². The Morgan fingerprint density at radius 2 is 1.68 bits per heavy atom. The third-order valence-corrected chi connectivity index (χ3v) is 5.57. The zero-order valence-electron chi connectivity index (χ0n) is 21.8. The van der Waals surface area contributed by atoms with Gasteiger partial charge in [-0.1, -0.05) is 42.5 Å². The Morgan fingerprint density at radius 1 is 1.03 bits per heavy atom. The summed E-state index contributed by atoms with van der Waals surface area (Å²) >= 11 is 0. The molecule has 2 aromatic carbocycles. The number of aliphatic hydroxyl groups is 1. The number of nitrogens with one attached hydrogen (secondary N) is 1. The van der Waals surface area contributed by atoms with Gasteiger partial charge < -0.3 is 31.4 Å². The van der Waals surface area contributed by atoms with Gasteiger partial charge in [0.2, 0.25) is 11.8 Å². The van der Waals surface area contributed by atoms with Crippen LogP contribution in [0.4, 0.5) is 4.79 Å². The second-order valence-electron chi connectivity index (χ2n) is 9.78. The third kappa shape index (κ3) is 9.74. The van der Waals surface area contributed by atoms with E-state index in [0.29, 0.717) is 12.3 Å². The van der Waals surface area contributed by atoms with Gasteiger partial charge in [0, 0.05) is 13.1 Å². The summed E-state index contributed by atoms with van der Waals surface area (Å²) in [6.07, 6.45) is -2.38. The van der Waals surface area contributed by atoms with Crippen molar-refractivity contribution in [3.05, 3.63) is 65.7 Å². The van der Waals surface area contributed by atoms with Crippen molar-refractivity contribution >= 4 is 17.9 Å². The van der Waals surface area contributed by atoms with E-state index in [4.69, 9.17) is 20.9 Å². The van der Waals surface area contributed by atoms with Gasteiger partial charge in [-0.25, -0.2) is 4.79 Å². The van der Waals surface area contributed by atoms with Crippen molar-refractivity contribution in [2.75, 3.05) is 13.7 Å². The summed E-state index contributed by atoms with van der Waals surface area (Å²) in [5.41, 5.74) is 11.8. The molecule has 0 aromatic heterocycles. The van der Waals surface area contributed by atoms with E-state index >= 15 is 0 Å². The van der Waals surface area contributed by atoms with Crippen molar-refractivity contribution < 1.29 is 29.0 Å². The first-order valence-corrected chi connectivity index (χ1v) is 12.1. The minimum absolute atomic E-state index is 0.0655. The minimum atomic E-state index is -1.41. The predicted molar refractivity (Wildman–Crippen MR) is 140 cm³/mol. The quantitative estimate of drug-likeness (QED) is 0.317. The topological polar surface area (TPSA) is 157 Å². The first-order chi connectivity index (χ1) is 17.4. The molecule has 0 spiro atoms. The summed E-state index contributed by atoms with van der Waals surface area (Å²) in [5, 5.41) is 14.5. The van der Waals surface area contributed by atoms with Gasteiger partial charge in [-0.2, -0.15) is 0 Å². The van der Waals surface area contributed by atoms with Gasteiger partial charge in [0.05, 0.1) is 25.7 Å². The Kier molecular flexibility index (Phi) is 10.9. The van der Waals surface area contributed by atoms with Crippen molar-refractivity contribution in [1.82, 2.24) is 10.2 Å². The maximum absolute atomic E-state index is 13.4. The summed E-state index contributed by atoms with van der Waals surface area (Å²) in [7, 11) is 1.58. The Labute approximate surface area is 217 Å². The van der Waals surface area contributed by atoms with Crippen LogP contribution < -0.4 is 21.5 Å². The Morgan fingerprint density at radius 3 is 2.24 bits per heavy atom. The maximum Gasteiger partial charge on any atom is 0.411 e. The molecule has 0 saturated carbocycles. The standard InChI is InChI=1S/C27H38N4O6/c1-27(2,3)37-26(35)31(22(25(29)34)15-24(28)33)21(14-18-9-6-5-7-10-18)23(32)17-30-16-19-11-8-12-20(13-19)36-4/h5-13,21-23,30,32H,14-17H2,1-4H3,(H2,28,33)(H2,29,34)/t21-,22-,23+/m0/s1. The molecule has 202 valence electrons. The van der Waals surface area contributed by atoms with Crippen LogP contribution in [0.1, 0.15) is 38.3 Å². The number of aliphatic hydroxyl groups excluding tert-OH is 1. The second-order valence-corrected chi connectivity index (χ2v) is 9.78. The molecule has 37 heavy (non-hydrogen) atoms. The van der Waals surface area contributed by atoms with Gasteiger partial charge in [-0.3, -0.25) is 14.5 Å². The van der Waals surface area contributed by atoms with Crippen molar-refractivity contribution in [3.63, 3.8) is 0 Å². The van der Waals surface area contributed by atoms with E-state index in [-0.39, 0.29) is 13.0 Å². The Balaban J connectivity index is 2.39. The largest absolute Gasteiger partial charge is 0.497 e. The van der Waals surface area contributed by atoms with Crippen LogP contribution in [0.2, 0.25) is 0 Å². The highest BCUT2D eigenvalue weighted by Gasteiger charge is 2.40. The number of ether oxygens (including phenoxy) is 2. The van der Waals surface area contributed by atoms with Crippen molar-refractivity contribution in [1.29, 1.82) is 0 Å². The Hall–Kier alpha value is -3.63. The molecule has 0 radical (unpaired) electrons. The molecule has 2 aromatic rings. The van der Waals surface area contributed by atoms with E-state index in [9.17, 15) is 19.5 Å². The summed E-state index contributed by atoms with van der Waals surface area (Å²) in [4.78, 5) is 38.7. The van der Waals surface area contributed by atoms with Crippen LogP contribution in [-0.4, -0.2) is 65.4 Å². The highest BCUT2D eigenvalue weighted by Crippen LogP contribution is 2.22. The van der Waals surface area contributed by atoms with Crippen molar-refractivity contribution in [3.8, 4) is 5.75 Å². The zero-order chi connectivity index (χ0) is 27.6. The van der Waals surface area contributed by atoms with Crippen LogP contribution >= 0.6 is 0 Å². The number of methoxy groups -OCH3 is 1. The molecule has 3 amide bonds. The fourth-order valence-electron chi connectivity index (χ4n) is 3.89. The molecular weight excluding hydrogens is 476 g/mol. The summed E-state index contributed by atoms with van der Waals surface area (Å²) in [6, 6.07) is 14.3. The number of hydrogen-bond acceptors (Lipinski definition) is 7. The van der Waals surface area contributed by atoms with Gasteiger partial charge in [-0.15, -0.1) is 0 Å². The predicted octanol–water partition coefficient (Wildman–Crippen LogP) is 1.72. The maximum atomic E-state index is 13.4. The molecule has 0 bridgehead atoms. The number of hydrogen-bond donors (Lipinski definition) is 4. The van der Waals surface area contributed by atoms with Crippen LogP contribution in [0.3, 0.4) is 0 Å². The third-order valence-electron chi connectivity index (χ3n) is 5.57. The highest BCUT2D eigenvalue weighted by atomic mass is 16.6. The lowest BCUT2D eigenvalue weighted by Crippen LogP contribution is -2.60. The molecule has 10 heteroatoms. The number of benzene rings is 2. The molecule has 3 atom stereocenters. The number of rotatable bonds is 13. The summed E-state index contributed by atoms with van der Waals surface area (Å²) in [6.45, 7) is 5.51. The fraction of sp³-hybridized carbons (Fsp3) is 0.444. The fourth-order valence-corrected chi connectivity index (χ4v) is 3.89. The van der Waals surface area contributed by atoms with Crippen LogP contribution in [0.15, 0.2) is 54.6 Å². The summed E-state index contributed by atoms with van der Waals surface area (Å²) < 4.78 is 10.8. The molecular formula is C27H38N4O6. The number of carbonyl (C=O) groups is 3.